The van der Waals surface area contributed by atoms with Crippen LogP contribution in [-0.4, -0.2) is 57.4 Å². The lowest BCUT2D eigenvalue weighted by atomic mass is 10.2. The van der Waals surface area contributed by atoms with Crippen molar-refractivity contribution < 1.29 is 27.5 Å². The lowest BCUT2D eigenvalue weighted by molar-refractivity contribution is -0.123. The first-order valence-electron chi connectivity index (χ1n) is 9.33. The van der Waals surface area contributed by atoms with Crippen molar-refractivity contribution in [3.8, 4) is 5.75 Å². The SMILES string of the molecule is Cc1cccc(OCC(=O)NNC(=O)c2cccc(S(=O)(=O)N3CCOCC3)c2)c1. The van der Waals surface area contributed by atoms with Crippen LogP contribution in [0.2, 0.25) is 0 Å². The average molecular weight is 433 g/mol. The summed E-state index contributed by atoms with van der Waals surface area (Å²) >= 11 is 0. The normalized spacial score (nSPS) is 14.7. The highest BCUT2D eigenvalue weighted by atomic mass is 32.2. The number of carbonyl (C=O) groups is 2. The molecule has 2 aromatic carbocycles. The van der Waals surface area contributed by atoms with Crippen molar-refractivity contribution in [3.63, 3.8) is 0 Å². The van der Waals surface area contributed by atoms with E-state index in [0.29, 0.717) is 19.0 Å². The molecule has 3 rings (SSSR count). The summed E-state index contributed by atoms with van der Waals surface area (Å²) in [6.07, 6.45) is 0. The Hall–Kier alpha value is -2.95. The molecular weight excluding hydrogens is 410 g/mol. The second kappa shape index (κ2) is 9.70. The molecule has 9 nitrogen and oxygen atoms in total. The van der Waals surface area contributed by atoms with Crippen LogP contribution in [0.15, 0.2) is 53.4 Å². The van der Waals surface area contributed by atoms with Gasteiger partial charge in [-0.1, -0.05) is 18.2 Å². The molecule has 1 aliphatic heterocycles. The summed E-state index contributed by atoms with van der Waals surface area (Å²) in [4.78, 5) is 24.2. The molecule has 1 heterocycles. The number of hydrogen-bond donors (Lipinski definition) is 2. The van der Waals surface area contributed by atoms with Gasteiger partial charge in [0.05, 0.1) is 18.1 Å². The Morgan fingerprint density at radius 3 is 2.53 bits per heavy atom. The van der Waals surface area contributed by atoms with Crippen LogP contribution in [0.1, 0.15) is 15.9 Å². The van der Waals surface area contributed by atoms with E-state index in [9.17, 15) is 18.0 Å². The fourth-order valence-electron chi connectivity index (χ4n) is 2.82. The quantitative estimate of drug-likeness (QED) is 0.653. The number of nitrogens with one attached hydrogen (secondary N) is 2. The first-order valence-corrected chi connectivity index (χ1v) is 10.8. The van der Waals surface area contributed by atoms with Crippen LogP contribution in [0.5, 0.6) is 5.75 Å². The van der Waals surface area contributed by atoms with Crippen LogP contribution < -0.4 is 15.6 Å². The van der Waals surface area contributed by atoms with E-state index in [1.54, 1.807) is 12.1 Å². The minimum atomic E-state index is -3.73. The lowest BCUT2D eigenvalue weighted by Crippen LogP contribution is -2.44. The molecule has 0 saturated carbocycles. The first-order chi connectivity index (χ1) is 14.4. The highest BCUT2D eigenvalue weighted by Crippen LogP contribution is 2.18. The minimum absolute atomic E-state index is 0.00570. The van der Waals surface area contributed by atoms with E-state index in [-0.39, 0.29) is 30.2 Å². The van der Waals surface area contributed by atoms with Gasteiger partial charge in [0.1, 0.15) is 5.75 Å². The van der Waals surface area contributed by atoms with Crippen molar-refractivity contribution in [2.24, 2.45) is 0 Å². The number of rotatable bonds is 6. The van der Waals surface area contributed by atoms with Crippen molar-refractivity contribution in [2.75, 3.05) is 32.9 Å². The molecular formula is C20H23N3O6S. The first kappa shape index (κ1) is 21.8. The van der Waals surface area contributed by atoms with Crippen molar-refractivity contribution >= 4 is 21.8 Å². The zero-order chi connectivity index (χ0) is 21.6. The van der Waals surface area contributed by atoms with E-state index >= 15 is 0 Å². The molecule has 1 saturated heterocycles. The largest absolute Gasteiger partial charge is 0.484 e. The zero-order valence-electron chi connectivity index (χ0n) is 16.5. The highest BCUT2D eigenvalue weighted by molar-refractivity contribution is 7.89. The molecule has 2 aromatic rings. The third-order valence-electron chi connectivity index (χ3n) is 4.38. The molecule has 0 atom stereocenters. The van der Waals surface area contributed by atoms with Crippen molar-refractivity contribution in [3.05, 3.63) is 59.7 Å². The molecule has 0 unspecified atom stereocenters. The second-order valence-corrected chi connectivity index (χ2v) is 8.59. The molecule has 0 aliphatic carbocycles. The standard InChI is InChI=1S/C20H23N3O6S/c1-15-4-2-6-17(12-15)29-14-19(24)21-22-20(25)16-5-3-7-18(13-16)30(26,27)23-8-10-28-11-9-23/h2-7,12-13H,8-11,14H2,1H3,(H,21,24)(H,22,25). The van der Waals surface area contributed by atoms with Gasteiger partial charge < -0.3 is 9.47 Å². The predicted molar refractivity (Wildman–Crippen MR) is 108 cm³/mol. The van der Waals surface area contributed by atoms with Crippen LogP contribution in [0, 0.1) is 6.92 Å². The summed E-state index contributed by atoms with van der Waals surface area (Å²) in [5.41, 5.74) is 5.60. The minimum Gasteiger partial charge on any atom is -0.484 e. The van der Waals surface area contributed by atoms with Gasteiger partial charge in [-0.3, -0.25) is 20.4 Å². The third kappa shape index (κ3) is 5.56. The van der Waals surface area contributed by atoms with E-state index < -0.39 is 21.8 Å². The maximum Gasteiger partial charge on any atom is 0.276 e. The smallest absolute Gasteiger partial charge is 0.276 e. The van der Waals surface area contributed by atoms with E-state index in [2.05, 4.69) is 10.9 Å². The molecule has 160 valence electrons. The maximum atomic E-state index is 12.7. The molecule has 2 N–H and O–H groups in total. The van der Waals surface area contributed by atoms with Gasteiger partial charge in [0.25, 0.3) is 11.8 Å². The topological polar surface area (TPSA) is 114 Å². The van der Waals surface area contributed by atoms with Gasteiger partial charge in [-0.15, -0.1) is 0 Å². The van der Waals surface area contributed by atoms with Crippen molar-refractivity contribution in [1.82, 2.24) is 15.2 Å². The van der Waals surface area contributed by atoms with E-state index in [1.807, 2.05) is 19.1 Å². The molecule has 10 heteroatoms. The average Bonchev–Trinajstić information content (AvgIpc) is 2.77. The summed E-state index contributed by atoms with van der Waals surface area (Å²) < 4.78 is 37.3. The molecule has 0 bridgehead atoms. The lowest BCUT2D eigenvalue weighted by Gasteiger charge is -2.26. The number of hydrazine groups is 1. The Labute approximate surface area is 175 Å². The molecule has 0 aromatic heterocycles. The van der Waals surface area contributed by atoms with E-state index in [0.717, 1.165) is 5.56 Å². The Morgan fingerprint density at radius 1 is 1.07 bits per heavy atom. The third-order valence-corrected chi connectivity index (χ3v) is 6.27. The fourth-order valence-corrected chi connectivity index (χ4v) is 4.28. The van der Waals surface area contributed by atoms with E-state index in [1.165, 1.54) is 28.6 Å². The predicted octanol–water partition coefficient (Wildman–Crippen LogP) is 0.856. The van der Waals surface area contributed by atoms with Gasteiger partial charge in [-0.25, -0.2) is 8.42 Å². The number of benzene rings is 2. The fraction of sp³-hybridized carbons (Fsp3) is 0.300. The summed E-state index contributed by atoms with van der Waals surface area (Å²) in [5, 5.41) is 0. The summed E-state index contributed by atoms with van der Waals surface area (Å²) in [5.74, 6) is -0.655. The number of aryl methyl sites for hydroxylation is 1. The summed E-state index contributed by atoms with van der Waals surface area (Å²) in [6.45, 7) is 2.80. The van der Waals surface area contributed by atoms with Crippen LogP contribution in [0.25, 0.3) is 0 Å². The Bertz CT molecular complexity index is 1020. The van der Waals surface area contributed by atoms with Crippen LogP contribution in [0.4, 0.5) is 0 Å². The monoisotopic (exact) mass is 433 g/mol. The second-order valence-electron chi connectivity index (χ2n) is 6.65. The van der Waals surface area contributed by atoms with Crippen LogP contribution in [-0.2, 0) is 19.6 Å². The number of amides is 2. The van der Waals surface area contributed by atoms with Crippen molar-refractivity contribution in [1.29, 1.82) is 0 Å². The number of nitrogens with zero attached hydrogens (tertiary/aromatic N) is 1. The highest BCUT2D eigenvalue weighted by Gasteiger charge is 2.26. The molecule has 1 aliphatic rings. The van der Waals surface area contributed by atoms with Crippen LogP contribution >= 0.6 is 0 Å². The molecule has 0 spiro atoms. The van der Waals surface area contributed by atoms with Gasteiger partial charge in [0.2, 0.25) is 10.0 Å². The number of sulfonamides is 1. The van der Waals surface area contributed by atoms with Crippen LogP contribution in [0.3, 0.4) is 0 Å². The maximum absolute atomic E-state index is 12.7. The Kier molecular flexibility index (Phi) is 7.03. The Morgan fingerprint density at radius 2 is 1.80 bits per heavy atom. The van der Waals surface area contributed by atoms with Gasteiger partial charge in [0.15, 0.2) is 6.61 Å². The number of morpholine rings is 1. The van der Waals surface area contributed by atoms with Gasteiger partial charge in [-0.05, 0) is 42.8 Å². The van der Waals surface area contributed by atoms with Gasteiger partial charge in [0, 0.05) is 18.7 Å². The van der Waals surface area contributed by atoms with Gasteiger partial charge in [-0.2, -0.15) is 4.31 Å². The Balaban J connectivity index is 1.56. The summed E-state index contributed by atoms with van der Waals surface area (Å²) in [7, 11) is -3.73. The molecule has 0 radical (unpaired) electrons. The summed E-state index contributed by atoms with van der Waals surface area (Å²) in [6, 6.07) is 12.9. The van der Waals surface area contributed by atoms with E-state index in [4.69, 9.17) is 9.47 Å². The zero-order valence-corrected chi connectivity index (χ0v) is 17.3. The van der Waals surface area contributed by atoms with Crippen molar-refractivity contribution in [2.45, 2.75) is 11.8 Å². The van der Waals surface area contributed by atoms with Gasteiger partial charge >= 0.3 is 0 Å². The molecule has 2 amide bonds. The number of ether oxygens (including phenoxy) is 2. The molecule has 30 heavy (non-hydrogen) atoms. The molecule has 1 fully saturated rings. The number of hydrogen-bond acceptors (Lipinski definition) is 6. The number of carbonyl (C=O) groups excluding carboxylic acids is 2.